The van der Waals surface area contributed by atoms with Gasteiger partial charge in [0, 0.05) is 37.0 Å². The molecule has 1 aliphatic heterocycles. The fourth-order valence-electron chi connectivity index (χ4n) is 4.39. The zero-order valence-electron chi connectivity index (χ0n) is 18.4. The van der Waals surface area contributed by atoms with Crippen LogP contribution >= 0.6 is 0 Å². The lowest BCUT2D eigenvalue weighted by atomic mass is 9.94. The Morgan fingerprint density at radius 3 is 2.44 bits per heavy atom. The molecule has 0 amide bonds. The Labute approximate surface area is 186 Å². The van der Waals surface area contributed by atoms with Crippen LogP contribution in [0.3, 0.4) is 0 Å². The Morgan fingerprint density at radius 1 is 1.12 bits per heavy atom. The second-order valence-electron chi connectivity index (χ2n) is 8.74. The van der Waals surface area contributed by atoms with Crippen LogP contribution in [0, 0.1) is 24.6 Å². The summed E-state index contributed by atoms with van der Waals surface area (Å²) in [7, 11) is -3.65. The van der Waals surface area contributed by atoms with E-state index >= 15 is 0 Å². The molecule has 1 N–H and O–H groups in total. The van der Waals surface area contributed by atoms with E-state index in [0.717, 1.165) is 6.42 Å². The van der Waals surface area contributed by atoms with Crippen molar-refractivity contribution in [2.24, 2.45) is 11.8 Å². The largest absolute Gasteiger partial charge is 0.294 e. The van der Waals surface area contributed by atoms with Crippen molar-refractivity contribution in [2.45, 2.75) is 38.5 Å². The maximum atomic E-state index is 14.0. The van der Waals surface area contributed by atoms with Crippen LogP contribution in [-0.4, -0.2) is 40.6 Å². The molecule has 32 heavy (non-hydrogen) atoms. The van der Waals surface area contributed by atoms with Crippen LogP contribution in [0.15, 0.2) is 52.3 Å². The second-order valence-corrected chi connectivity index (χ2v) is 10.7. The number of piperidine rings is 1. The maximum Gasteiger partial charge on any atom is 0.276 e. The van der Waals surface area contributed by atoms with Gasteiger partial charge in [0.25, 0.3) is 5.56 Å². The molecule has 9 heteroatoms. The van der Waals surface area contributed by atoms with Crippen molar-refractivity contribution in [3.63, 3.8) is 0 Å². The molecule has 2 atom stereocenters. The van der Waals surface area contributed by atoms with E-state index in [0.29, 0.717) is 41.7 Å². The molecular weight excluding hydrogens is 431 g/mol. The maximum absolute atomic E-state index is 14.0. The highest BCUT2D eigenvalue weighted by Crippen LogP contribution is 2.26. The van der Waals surface area contributed by atoms with Gasteiger partial charge in [0.2, 0.25) is 10.0 Å². The lowest BCUT2D eigenvalue weighted by Crippen LogP contribution is -2.42. The summed E-state index contributed by atoms with van der Waals surface area (Å²) in [6.45, 7) is 6.83. The van der Waals surface area contributed by atoms with Gasteiger partial charge in [0.15, 0.2) is 5.82 Å². The first-order valence-electron chi connectivity index (χ1n) is 10.7. The van der Waals surface area contributed by atoms with Crippen molar-refractivity contribution in [3.8, 4) is 5.82 Å². The predicted molar refractivity (Wildman–Crippen MR) is 120 cm³/mol. The van der Waals surface area contributed by atoms with Gasteiger partial charge in [-0.05, 0) is 48.9 Å². The first-order chi connectivity index (χ1) is 15.2. The summed E-state index contributed by atoms with van der Waals surface area (Å²) in [5.41, 5.74) is 1.13. The van der Waals surface area contributed by atoms with Crippen molar-refractivity contribution >= 4 is 10.0 Å². The van der Waals surface area contributed by atoms with Gasteiger partial charge >= 0.3 is 0 Å². The van der Waals surface area contributed by atoms with Crippen molar-refractivity contribution in [2.75, 3.05) is 13.1 Å². The van der Waals surface area contributed by atoms with E-state index in [4.69, 9.17) is 0 Å². The van der Waals surface area contributed by atoms with Gasteiger partial charge in [-0.15, -0.1) is 0 Å². The molecule has 4 rings (SSSR count). The Bertz CT molecular complexity index is 1270. The number of H-pyrrole nitrogens is 1. The molecule has 1 fully saturated rings. The summed E-state index contributed by atoms with van der Waals surface area (Å²) in [4.78, 5) is 17.3. The number of benzene rings is 1. The van der Waals surface area contributed by atoms with Crippen LogP contribution in [0.4, 0.5) is 4.39 Å². The minimum absolute atomic E-state index is 0.102. The smallest absolute Gasteiger partial charge is 0.276 e. The van der Waals surface area contributed by atoms with E-state index in [1.165, 1.54) is 33.4 Å². The minimum atomic E-state index is -3.65. The summed E-state index contributed by atoms with van der Waals surface area (Å²) in [6, 6.07) is 9.32. The molecule has 170 valence electrons. The molecule has 3 heterocycles. The molecule has 0 aliphatic carbocycles. The van der Waals surface area contributed by atoms with Gasteiger partial charge < -0.3 is 0 Å². The molecule has 3 aromatic rings. The highest BCUT2D eigenvalue weighted by atomic mass is 32.2. The number of aryl methyl sites for hydroxylation is 1. The van der Waals surface area contributed by atoms with E-state index in [9.17, 15) is 17.6 Å². The second kappa shape index (κ2) is 8.63. The molecule has 1 aliphatic rings. The number of hydrogen-bond donors (Lipinski definition) is 1. The van der Waals surface area contributed by atoms with Gasteiger partial charge in [0.05, 0.1) is 0 Å². The number of halogens is 1. The average Bonchev–Trinajstić information content (AvgIpc) is 3.03. The van der Waals surface area contributed by atoms with Gasteiger partial charge in [-0.2, -0.15) is 4.31 Å². The number of nitrogens with one attached hydrogen (secondary N) is 1. The van der Waals surface area contributed by atoms with E-state index in [1.54, 1.807) is 25.1 Å². The van der Waals surface area contributed by atoms with E-state index in [1.807, 2.05) is 0 Å². The Kier molecular flexibility index (Phi) is 6.05. The summed E-state index contributed by atoms with van der Waals surface area (Å²) >= 11 is 0. The fraction of sp³-hybridized carbons (Fsp3) is 0.391. The van der Waals surface area contributed by atoms with Crippen molar-refractivity contribution < 1.29 is 12.8 Å². The van der Waals surface area contributed by atoms with Crippen molar-refractivity contribution in [3.05, 3.63) is 75.6 Å². The van der Waals surface area contributed by atoms with Crippen molar-refractivity contribution in [1.82, 2.24) is 19.1 Å². The van der Waals surface area contributed by atoms with Crippen LogP contribution in [0.5, 0.6) is 0 Å². The highest BCUT2D eigenvalue weighted by molar-refractivity contribution is 7.89. The minimum Gasteiger partial charge on any atom is -0.294 e. The highest BCUT2D eigenvalue weighted by Gasteiger charge is 2.32. The molecule has 0 bridgehead atoms. The SMILES string of the molecule is Cc1[nH]n(-c2ccc(S(=O)(=O)N3C[C@H](C)C[C@H](C)C3)cn2)c(=O)c1Cc1ccccc1F. The van der Waals surface area contributed by atoms with Crippen molar-refractivity contribution in [1.29, 1.82) is 0 Å². The number of nitrogens with zero attached hydrogens (tertiary/aromatic N) is 3. The predicted octanol–water partition coefficient (Wildman–Crippen LogP) is 3.27. The Hall–Kier alpha value is -2.78. The molecule has 1 saturated heterocycles. The Balaban J connectivity index is 1.61. The van der Waals surface area contributed by atoms with Crippen LogP contribution in [0.2, 0.25) is 0 Å². The zero-order chi connectivity index (χ0) is 23.0. The quantitative estimate of drug-likeness (QED) is 0.636. The molecule has 0 unspecified atom stereocenters. The van der Waals surface area contributed by atoms with Gasteiger partial charge in [0.1, 0.15) is 10.7 Å². The molecule has 0 saturated carbocycles. The first-order valence-corrected chi connectivity index (χ1v) is 12.1. The normalized spacial score (nSPS) is 19.9. The molecular formula is C23H27FN4O3S. The molecule has 0 spiro atoms. The van der Waals surface area contributed by atoms with E-state index < -0.39 is 10.0 Å². The molecule has 1 aromatic carbocycles. The number of hydrogen-bond acceptors (Lipinski definition) is 4. The van der Waals surface area contributed by atoms with Gasteiger partial charge in [-0.1, -0.05) is 32.0 Å². The van der Waals surface area contributed by atoms with Gasteiger partial charge in [-0.3, -0.25) is 9.89 Å². The topological polar surface area (TPSA) is 88.1 Å². The number of rotatable bonds is 5. The van der Waals surface area contributed by atoms with E-state index in [2.05, 4.69) is 23.9 Å². The van der Waals surface area contributed by atoms with Crippen LogP contribution in [0.1, 0.15) is 37.1 Å². The lowest BCUT2D eigenvalue weighted by molar-refractivity contribution is 0.222. The standard InChI is InChI=1S/C23H27FN4O3S/c1-15-10-16(2)14-27(13-15)32(30,31)19-8-9-22(25-12-19)28-23(29)20(17(3)26-28)11-18-6-4-5-7-21(18)24/h4-9,12,15-16,26H,10-11,13-14H2,1-3H3/t15-,16+. The molecule has 7 nitrogen and oxygen atoms in total. The summed E-state index contributed by atoms with van der Waals surface area (Å²) < 4.78 is 42.9. The monoisotopic (exact) mass is 458 g/mol. The average molecular weight is 459 g/mol. The number of aromatic amines is 1. The zero-order valence-corrected chi connectivity index (χ0v) is 19.2. The van der Waals surface area contributed by atoms with Crippen LogP contribution in [0.25, 0.3) is 5.82 Å². The third kappa shape index (κ3) is 4.27. The van der Waals surface area contributed by atoms with Gasteiger partial charge in [-0.25, -0.2) is 22.5 Å². The lowest BCUT2D eigenvalue weighted by Gasteiger charge is -2.33. The Morgan fingerprint density at radius 2 is 1.81 bits per heavy atom. The first kappa shape index (κ1) is 22.4. The summed E-state index contributed by atoms with van der Waals surface area (Å²) in [5, 5.41) is 2.96. The third-order valence-electron chi connectivity index (χ3n) is 5.94. The number of aromatic nitrogens is 3. The number of sulfonamides is 1. The molecule has 0 radical (unpaired) electrons. The summed E-state index contributed by atoms with van der Waals surface area (Å²) in [6.07, 6.45) is 2.44. The summed E-state index contributed by atoms with van der Waals surface area (Å²) in [5.74, 6) is 0.508. The van der Waals surface area contributed by atoms with Crippen LogP contribution in [-0.2, 0) is 16.4 Å². The molecule has 2 aromatic heterocycles. The third-order valence-corrected chi connectivity index (χ3v) is 7.76. The van der Waals surface area contributed by atoms with Crippen LogP contribution < -0.4 is 5.56 Å². The number of pyridine rings is 1. The fourth-order valence-corrected chi connectivity index (χ4v) is 6.02. The van der Waals surface area contributed by atoms with E-state index in [-0.39, 0.29) is 28.5 Å².